The summed E-state index contributed by atoms with van der Waals surface area (Å²) in [5.41, 5.74) is 2.63. The molecule has 2 rings (SSSR count). The minimum atomic E-state index is -0.296. The molecule has 0 spiro atoms. The van der Waals surface area contributed by atoms with Gasteiger partial charge in [-0.2, -0.15) is 0 Å². The zero-order valence-electron chi connectivity index (χ0n) is 15.2. The standard InChI is InChI=1S/C21H28O3/c1-5-6-7-11-14-17-18(21(22)23-4)19(15(2)3)24-20(17)16-12-9-8-10-13-16/h8-10,12-13,15H,5-7,11,14H2,1-4H3. The molecule has 130 valence electrons. The fourth-order valence-corrected chi connectivity index (χ4v) is 3.01. The van der Waals surface area contributed by atoms with Gasteiger partial charge in [-0.3, -0.25) is 0 Å². The number of furan rings is 1. The van der Waals surface area contributed by atoms with Gasteiger partial charge in [0, 0.05) is 17.0 Å². The molecule has 0 saturated carbocycles. The zero-order chi connectivity index (χ0) is 17.5. The van der Waals surface area contributed by atoms with Gasteiger partial charge in [0.05, 0.1) is 7.11 Å². The summed E-state index contributed by atoms with van der Waals surface area (Å²) < 4.78 is 11.2. The van der Waals surface area contributed by atoms with E-state index in [4.69, 9.17) is 9.15 Å². The van der Waals surface area contributed by atoms with Gasteiger partial charge in [-0.05, 0) is 12.8 Å². The van der Waals surface area contributed by atoms with E-state index in [0.717, 1.165) is 41.9 Å². The van der Waals surface area contributed by atoms with Crippen molar-refractivity contribution in [2.75, 3.05) is 7.11 Å². The van der Waals surface area contributed by atoms with Gasteiger partial charge in [-0.25, -0.2) is 4.79 Å². The quantitative estimate of drug-likeness (QED) is 0.442. The Morgan fingerprint density at radius 2 is 1.83 bits per heavy atom. The number of carbonyl (C=O) groups excluding carboxylic acids is 1. The van der Waals surface area contributed by atoms with Gasteiger partial charge in [0.15, 0.2) is 0 Å². The third-order valence-electron chi connectivity index (χ3n) is 4.26. The molecule has 0 radical (unpaired) electrons. The van der Waals surface area contributed by atoms with E-state index >= 15 is 0 Å². The van der Waals surface area contributed by atoms with Gasteiger partial charge in [0.1, 0.15) is 17.1 Å². The molecule has 2 aromatic rings. The molecule has 0 bridgehead atoms. The molecule has 0 saturated heterocycles. The Morgan fingerprint density at radius 1 is 1.12 bits per heavy atom. The maximum absolute atomic E-state index is 12.4. The second-order valence-corrected chi connectivity index (χ2v) is 6.47. The second-order valence-electron chi connectivity index (χ2n) is 6.47. The summed E-state index contributed by atoms with van der Waals surface area (Å²) in [6.07, 6.45) is 5.45. The topological polar surface area (TPSA) is 39.4 Å². The molecular formula is C21H28O3. The maximum atomic E-state index is 12.4. The summed E-state index contributed by atoms with van der Waals surface area (Å²) in [6, 6.07) is 10.0. The van der Waals surface area contributed by atoms with Crippen LogP contribution in [0.2, 0.25) is 0 Å². The van der Waals surface area contributed by atoms with Crippen molar-refractivity contribution >= 4 is 5.97 Å². The summed E-state index contributed by atoms with van der Waals surface area (Å²) in [6.45, 7) is 6.28. The van der Waals surface area contributed by atoms with E-state index in [1.165, 1.54) is 20.0 Å². The van der Waals surface area contributed by atoms with Crippen LogP contribution in [0.25, 0.3) is 11.3 Å². The van der Waals surface area contributed by atoms with Gasteiger partial charge >= 0.3 is 5.97 Å². The van der Waals surface area contributed by atoms with Crippen molar-refractivity contribution < 1.29 is 13.9 Å². The Kier molecular flexibility index (Phi) is 6.65. The molecule has 0 atom stereocenters. The summed E-state index contributed by atoms with van der Waals surface area (Å²) in [5.74, 6) is 1.38. The Bertz CT molecular complexity index is 653. The Labute approximate surface area is 145 Å². The first-order valence-electron chi connectivity index (χ1n) is 8.89. The van der Waals surface area contributed by atoms with Crippen molar-refractivity contribution in [2.45, 2.75) is 58.8 Å². The van der Waals surface area contributed by atoms with Crippen LogP contribution < -0.4 is 0 Å². The minimum Gasteiger partial charge on any atom is -0.465 e. The van der Waals surface area contributed by atoms with Gasteiger partial charge in [-0.15, -0.1) is 0 Å². The lowest BCUT2D eigenvalue weighted by molar-refractivity contribution is 0.0596. The average molecular weight is 328 g/mol. The lowest BCUT2D eigenvalue weighted by Gasteiger charge is -2.07. The number of hydrogen-bond donors (Lipinski definition) is 0. The normalized spacial score (nSPS) is 11.0. The predicted molar refractivity (Wildman–Crippen MR) is 97.4 cm³/mol. The molecule has 0 fully saturated rings. The smallest absolute Gasteiger partial charge is 0.341 e. The van der Waals surface area contributed by atoms with Crippen molar-refractivity contribution in [3.8, 4) is 11.3 Å². The molecule has 3 nitrogen and oxygen atoms in total. The molecule has 1 heterocycles. The molecule has 0 aliphatic carbocycles. The molecule has 1 aromatic heterocycles. The highest BCUT2D eigenvalue weighted by Gasteiger charge is 2.27. The van der Waals surface area contributed by atoms with Crippen LogP contribution in [0.1, 0.15) is 74.1 Å². The van der Waals surface area contributed by atoms with Crippen LogP contribution in [0.15, 0.2) is 34.7 Å². The molecule has 0 aliphatic heterocycles. The van der Waals surface area contributed by atoms with Crippen LogP contribution in [0, 0.1) is 0 Å². The monoisotopic (exact) mass is 328 g/mol. The average Bonchev–Trinajstić information content (AvgIpc) is 2.98. The lowest BCUT2D eigenvalue weighted by Crippen LogP contribution is -2.07. The molecule has 0 unspecified atom stereocenters. The number of benzene rings is 1. The molecule has 24 heavy (non-hydrogen) atoms. The number of hydrogen-bond acceptors (Lipinski definition) is 3. The van der Waals surface area contributed by atoms with E-state index in [1.807, 2.05) is 44.2 Å². The fourth-order valence-electron chi connectivity index (χ4n) is 3.01. The number of esters is 1. The molecule has 0 aliphatic rings. The van der Waals surface area contributed by atoms with E-state index in [-0.39, 0.29) is 11.9 Å². The summed E-state index contributed by atoms with van der Waals surface area (Å²) >= 11 is 0. The van der Waals surface area contributed by atoms with E-state index < -0.39 is 0 Å². The number of carbonyl (C=O) groups is 1. The highest BCUT2D eigenvalue weighted by atomic mass is 16.5. The van der Waals surface area contributed by atoms with Crippen LogP contribution >= 0.6 is 0 Å². The Hall–Kier alpha value is -2.03. The molecule has 0 N–H and O–H groups in total. The van der Waals surface area contributed by atoms with Gasteiger partial charge in [0.25, 0.3) is 0 Å². The van der Waals surface area contributed by atoms with Crippen LogP contribution in [0.5, 0.6) is 0 Å². The number of rotatable bonds is 8. The third kappa shape index (κ3) is 4.08. The van der Waals surface area contributed by atoms with Gasteiger partial charge in [-0.1, -0.05) is 70.4 Å². The van der Waals surface area contributed by atoms with Crippen molar-refractivity contribution in [2.24, 2.45) is 0 Å². The molecular weight excluding hydrogens is 300 g/mol. The van der Waals surface area contributed by atoms with Crippen LogP contribution in [-0.4, -0.2) is 13.1 Å². The SMILES string of the molecule is CCCCCCc1c(-c2ccccc2)oc(C(C)C)c1C(=O)OC. The fraction of sp³-hybridized carbons (Fsp3) is 0.476. The molecule has 1 aromatic carbocycles. The highest BCUT2D eigenvalue weighted by molar-refractivity contribution is 5.94. The van der Waals surface area contributed by atoms with Crippen molar-refractivity contribution in [3.63, 3.8) is 0 Å². The predicted octanol–water partition coefficient (Wildman–Crippen LogP) is 5.98. The number of ether oxygens (including phenoxy) is 1. The first-order chi connectivity index (χ1) is 11.6. The first-order valence-corrected chi connectivity index (χ1v) is 8.89. The van der Waals surface area contributed by atoms with Crippen LogP contribution in [0.3, 0.4) is 0 Å². The van der Waals surface area contributed by atoms with E-state index in [9.17, 15) is 4.79 Å². The first kappa shape index (κ1) is 18.3. The van der Waals surface area contributed by atoms with Crippen LogP contribution in [0.4, 0.5) is 0 Å². The number of unbranched alkanes of at least 4 members (excludes halogenated alkanes) is 3. The van der Waals surface area contributed by atoms with Crippen molar-refractivity contribution in [1.82, 2.24) is 0 Å². The zero-order valence-corrected chi connectivity index (χ0v) is 15.2. The largest absolute Gasteiger partial charge is 0.465 e. The van der Waals surface area contributed by atoms with E-state index in [2.05, 4.69) is 6.92 Å². The highest BCUT2D eigenvalue weighted by Crippen LogP contribution is 2.36. The van der Waals surface area contributed by atoms with Crippen molar-refractivity contribution in [3.05, 3.63) is 47.2 Å². The Morgan fingerprint density at radius 3 is 2.42 bits per heavy atom. The minimum absolute atomic E-state index is 0.131. The van der Waals surface area contributed by atoms with E-state index in [0.29, 0.717) is 5.56 Å². The third-order valence-corrected chi connectivity index (χ3v) is 4.26. The summed E-state index contributed by atoms with van der Waals surface area (Å²) in [4.78, 5) is 12.4. The second kappa shape index (κ2) is 8.72. The van der Waals surface area contributed by atoms with Crippen molar-refractivity contribution in [1.29, 1.82) is 0 Å². The molecule has 0 amide bonds. The summed E-state index contributed by atoms with van der Waals surface area (Å²) in [7, 11) is 1.43. The van der Waals surface area contributed by atoms with Gasteiger partial charge < -0.3 is 9.15 Å². The van der Waals surface area contributed by atoms with Crippen LogP contribution in [-0.2, 0) is 11.2 Å². The molecule has 3 heteroatoms. The lowest BCUT2D eigenvalue weighted by atomic mass is 9.96. The Balaban J connectivity index is 2.49. The maximum Gasteiger partial charge on any atom is 0.341 e. The number of methoxy groups -OCH3 is 1. The summed E-state index contributed by atoms with van der Waals surface area (Å²) in [5, 5.41) is 0. The van der Waals surface area contributed by atoms with Gasteiger partial charge in [0.2, 0.25) is 0 Å². The van der Waals surface area contributed by atoms with E-state index in [1.54, 1.807) is 0 Å².